The predicted molar refractivity (Wildman–Crippen MR) is 63.9 cm³/mol. The Bertz CT molecular complexity index is 170. The highest BCUT2D eigenvalue weighted by molar-refractivity contribution is 4.75. The third-order valence-electron chi connectivity index (χ3n) is 3.83. The van der Waals surface area contributed by atoms with E-state index in [2.05, 4.69) is 22.0 Å². The molecule has 0 unspecified atom stereocenters. The highest BCUT2D eigenvalue weighted by Crippen LogP contribution is 2.18. The molecule has 0 saturated carbocycles. The van der Waals surface area contributed by atoms with Crippen LogP contribution in [0.5, 0.6) is 0 Å². The molecule has 0 aromatic carbocycles. The topological polar surface area (TPSA) is 18.5 Å². The third kappa shape index (κ3) is 3.44. The Labute approximate surface area is 93.8 Å². The summed E-state index contributed by atoms with van der Waals surface area (Å²) in [5, 5.41) is 3.46. The lowest BCUT2D eigenvalue weighted by Crippen LogP contribution is -2.45. The van der Waals surface area contributed by atoms with Crippen LogP contribution in [0.15, 0.2) is 0 Å². The molecular weight excluding hydrogens is 186 g/mol. The highest BCUT2D eigenvalue weighted by atomic mass is 15.2. The monoisotopic (exact) mass is 211 g/mol. The van der Waals surface area contributed by atoms with E-state index in [-0.39, 0.29) is 0 Å². The molecule has 2 fully saturated rings. The Kier molecular flexibility index (Phi) is 4.42. The van der Waals surface area contributed by atoms with E-state index in [4.69, 9.17) is 0 Å². The Morgan fingerprint density at radius 1 is 1.13 bits per heavy atom. The van der Waals surface area contributed by atoms with Gasteiger partial charge in [-0.1, -0.05) is 6.92 Å². The second kappa shape index (κ2) is 5.83. The Hall–Kier alpha value is -0.120. The fourth-order valence-corrected chi connectivity index (χ4v) is 2.75. The molecule has 2 aliphatic rings. The maximum atomic E-state index is 3.46. The van der Waals surface area contributed by atoms with E-state index in [0.717, 1.165) is 12.6 Å². The fraction of sp³-hybridized carbons (Fsp3) is 1.00. The minimum atomic E-state index is 0.952. The number of piperidine rings is 1. The van der Waals surface area contributed by atoms with E-state index < -0.39 is 0 Å². The molecule has 0 aromatic rings. The first kappa shape index (κ1) is 11.4. The average molecular weight is 211 g/mol. The molecule has 2 rings (SSSR count). The van der Waals surface area contributed by atoms with Crippen LogP contribution in [0.4, 0.5) is 0 Å². The van der Waals surface area contributed by atoms with E-state index in [1.54, 1.807) is 0 Å². The zero-order chi connectivity index (χ0) is 10.5. The van der Waals surface area contributed by atoms with Crippen LogP contribution in [0.25, 0.3) is 0 Å². The van der Waals surface area contributed by atoms with Gasteiger partial charge in [0.15, 0.2) is 0 Å². The van der Waals surface area contributed by atoms with Crippen LogP contribution in [0.2, 0.25) is 0 Å². The number of rotatable bonds is 3. The van der Waals surface area contributed by atoms with Crippen LogP contribution in [0.1, 0.15) is 26.2 Å². The van der Waals surface area contributed by atoms with Crippen LogP contribution < -0.4 is 5.32 Å². The van der Waals surface area contributed by atoms with Gasteiger partial charge >= 0.3 is 0 Å². The normalized spacial score (nSPS) is 27.0. The number of likely N-dealkylation sites (tertiary alicyclic amines) is 1. The summed E-state index contributed by atoms with van der Waals surface area (Å²) >= 11 is 0. The molecule has 0 radical (unpaired) electrons. The summed E-state index contributed by atoms with van der Waals surface area (Å²) < 4.78 is 0. The van der Waals surface area contributed by atoms with E-state index in [9.17, 15) is 0 Å². The van der Waals surface area contributed by atoms with Crippen LogP contribution >= 0.6 is 0 Å². The van der Waals surface area contributed by atoms with Crippen molar-refractivity contribution in [3.8, 4) is 0 Å². The fourth-order valence-electron chi connectivity index (χ4n) is 2.75. The standard InChI is InChI=1S/C12H25N3/c1-2-14-8-4-12(5-9-14)10-15-7-3-6-13-11-15/h12-13H,2-11H2,1H3. The van der Waals surface area contributed by atoms with Crippen molar-refractivity contribution in [2.24, 2.45) is 5.92 Å². The van der Waals surface area contributed by atoms with Crippen molar-refractivity contribution < 1.29 is 0 Å². The van der Waals surface area contributed by atoms with Gasteiger partial charge in [-0.25, -0.2) is 0 Å². The van der Waals surface area contributed by atoms with Gasteiger partial charge in [0.2, 0.25) is 0 Å². The highest BCUT2D eigenvalue weighted by Gasteiger charge is 2.21. The van der Waals surface area contributed by atoms with Gasteiger partial charge in [-0.3, -0.25) is 4.90 Å². The van der Waals surface area contributed by atoms with Gasteiger partial charge in [0.25, 0.3) is 0 Å². The quantitative estimate of drug-likeness (QED) is 0.750. The second-order valence-corrected chi connectivity index (χ2v) is 4.97. The summed E-state index contributed by atoms with van der Waals surface area (Å²) in [5.41, 5.74) is 0. The van der Waals surface area contributed by atoms with Crippen molar-refractivity contribution in [1.82, 2.24) is 15.1 Å². The van der Waals surface area contributed by atoms with Gasteiger partial charge in [-0.05, 0) is 51.4 Å². The Balaban J connectivity index is 1.67. The first-order valence-corrected chi connectivity index (χ1v) is 6.54. The van der Waals surface area contributed by atoms with Gasteiger partial charge in [0.1, 0.15) is 0 Å². The molecule has 88 valence electrons. The molecule has 0 aromatic heterocycles. The molecule has 0 aliphatic carbocycles. The maximum Gasteiger partial charge on any atom is 0.0480 e. The number of hydrogen-bond acceptors (Lipinski definition) is 3. The summed E-state index contributed by atoms with van der Waals surface area (Å²) in [4.78, 5) is 5.17. The lowest BCUT2D eigenvalue weighted by atomic mass is 9.96. The van der Waals surface area contributed by atoms with Gasteiger partial charge in [0.05, 0.1) is 0 Å². The molecule has 0 spiro atoms. The minimum Gasteiger partial charge on any atom is -0.304 e. The molecule has 0 atom stereocenters. The maximum absolute atomic E-state index is 3.46. The SMILES string of the molecule is CCN1CCC(CN2CCCNC2)CC1. The lowest BCUT2D eigenvalue weighted by molar-refractivity contribution is 0.130. The first-order chi connectivity index (χ1) is 7.38. The molecule has 2 aliphatic heterocycles. The minimum absolute atomic E-state index is 0.952. The van der Waals surface area contributed by atoms with Crippen molar-refractivity contribution in [3.63, 3.8) is 0 Å². The van der Waals surface area contributed by atoms with Gasteiger partial charge < -0.3 is 10.2 Å². The molecule has 1 N–H and O–H groups in total. The molecule has 15 heavy (non-hydrogen) atoms. The average Bonchev–Trinajstić information content (AvgIpc) is 2.31. The summed E-state index contributed by atoms with van der Waals surface area (Å²) in [6.45, 7) is 11.1. The number of nitrogens with one attached hydrogen (secondary N) is 1. The smallest absolute Gasteiger partial charge is 0.0480 e. The molecule has 0 amide bonds. The van der Waals surface area contributed by atoms with Gasteiger partial charge in [-0.2, -0.15) is 0 Å². The summed E-state index contributed by atoms with van der Waals surface area (Å²) in [5.74, 6) is 0.952. The summed E-state index contributed by atoms with van der Waals surface area (Å²) in [6.07, 6.45) is 4.14. The van der Waals surface area contributed by atoms with Crippen LogP contribution in [-0.4, -0.2) is 55.7 Å². The van der Waals surface area contributed by atoms with Crippen LogP contribution in [-0.2, 0) is 0 Å². The first-order valence-electron chi connectivity index (χ1n) is 6.54. The number of hydrogen-bond donors (Lipinski definition) is 1. The largest absolute Gasteiger partial charge is 0.304 e. The zero-order valence-corrected chi connectivity index (χ0v) is 10.0. The van der Waals surface area contributed by atoms with Crippen molar-refractivity contribution in [2.75, 3.05) is 45.9 Å². The molecule has 2 saturated heterocycles. The molecular formula is C12H25N3. The van der Waals surface area contributed by atoms with Gasteiger partial charge in [-0.15, -0.1) is 0 Å². The molecule has 3 nitrogen and oxygen atoms in total. The van der Waals surface area contributed by atoms with E-state index in [1.807, 2.05) is 0 Å². The lowest BCUT2D eigenvalue weighted by Gasteiger charge is -2.35. The predicted octanol–water partition coefficient (Wildman–Crippen LogP) is 0.971. The van der Waals surface area contributed by atoms with E-state index in [1.165, 1.54) is 58.5 Å². The van der Waals surface area contributed by atoms with Crippen LogP contribution in [0, 0.1) is 5.92 Å². The third-order valence-corrected chi connectivity index (χ3v) is 3.83. The van der Waals surface area contributed by atoms with Crippen molar-refractivity contribution in [3.05, 3.63) is 0 Å². The summed E-state index contributed by atoms with van der Waals surface area (Å²) in [6, 6.07) is 0. The van der Waals surface area contributed by atoms with E-state index >= 15 is 0 Å². The zero-order valence-electron chi connectivity index (χ0n) is 10.0. The second-order valence-electron chi connectivity index (χ2n) is 4.97. The number of nitrogens with zero attached hydrogens (tertiary/aromatic N) is 2. The molecule has 0 bridgehead atoms. The van der Waals surface area contributed by atoms with Crippen LogP contribution in [0.3, 0.4) is 0 Å². The molecule has 2 heterocycles. The Morgan fingerprint density at radius 3 is 2.53 bits per heavy atom. The Morgan fingerprint density at radius 2 is 1.93 bits per heavy atom. The van der Waals surface area contributed by atoms with Gasteiger partial charge in [0, 0.05) is 19.8 Å². The van der Waals surface area contributed by atoms with Crippen molar-refractivity contribution in [2.45, 2.75) is 26.2 Å². The van der Waals surface area contributed by atoms with E-state index in [0.29, 0.717) is 0 Å². The summed E-state index contributed by atoms with van der Waals surface area (Å²) in [7, 11) is 0. The van der Waals surface area contributed by atoms with Crippen molar-refractivity contribution >= 4 is 0 Å². The van der Waals surface area contributed by atoms with Crippen molar-refractivity contribution in [1.29, 1.82) is 0 Å². The molecule has 3 heteroatoms.